The van der Waals surface area contributed by atoms with Gasteiger partial charge in [-0.2, -0.15) is 4.98 Å². The second kappa shape index (κ2) is 5.21. The molecule has 106 valence electrons. The average molecular weight is 288 g/mol. The van der Waals surface area contributed by atoms with Crippen molar-refractivity contribution in [3.05, 3.63) is 17.3 Å². The number of anilines is 1. The van der Waals surface area contributed by atoms with Crippen molar-refractivity contribution in [3.63, 3.8) is 0 Å². The predicted molar refractivity (Wildman–Crippen MR) is 72.7 cm³/mol. The van der Waals surface area contributed by atoms with Crippen LogP contribution in [-0.2, 0) is 0 Å². The van der Waals surface area contributed by atoms with Crippen LogP contribution in [-0.4, -0.2) is 27.2 Å². The molecule has 1 heterocycles. The molecule has 19 heavy (non-hydrogen) atoms. The number of hydrogen-bond donors (Lipinski definition) is 2. The minimum absolute atomic E-state index is 0.0133. The largest absolute Gasteiger partial charge is 0.388 e. The molecule has 1 fully saturated rings. The second-order valence-corrected chi connectivity index (χ2v) is 6.42. The first-order valence-corrected chi connectivity index (χ1v) is 6.82. The van der Waals surface area contributed by atoms with Crippen molar-refractivity contribution in [3.8, 4) is 0 Å². The summed E-state index contributed by atoms with van der Waals surface area (Å²) in [5.41, 5.74) is -0.533. The molecule has 1 aliphatic carbocycles. The van der Waals surface area contributed by atoms with Gasteiger partial charge in [-0.3, -0.25) is 0 Å². The van der Waals surface area contributed by atoms with Gasteiger partial charge in [-0.15, -0.1) is 0 Å². The molecule has 0 bridgehead atoms. The van der Waals surface area contributed by atoms with E-state index in [0.29, 0.717) is 12.8 Å². The van der Waals surface area contributed by atoms with Crippen molar-refractivity contribution in [2.45, 2.75) is 45.1 Å². The van der Waals surface area contributed by atoms with E-state index < -0.39 is 11.4 Å². The minimum Gasteiger partial charge on any atom is -0.388 e. The highest BCUT2D eigenvalue weighted by Crippen LogP contribution is 2.40. The molecule has 0 unspecified atom stereocenters. The van der Waals surface area contributed by atoms with E-state index in [9.17, 15) is 9.50 Å². The summed E-state index contributed by atoms with van der Waals surface area (Å²) in [5.74, 6) is -0.526. The minimum atomic E-state index is -0.806. The molecule has 1 saturated carbocycles. The summed E-state index contributed by atoms with van der Waals surface area (Å²) in [6, 6.07) is 0. The van der Waals surface area contributed by atoms with Crippen molar-refractivity contribution < 1.29 is 9.50 Å². The molecule has 1 aromatic heterocycles. The van der Waals surface area contributed by atoms with Crippen LogP contribution in [0.5, 0.6) is 0 Å². The fourth-order valence-corrected chi connectivity index (χ4v) is 2.42. The topological polar surface area (TPSA) is 58.0 Å². The lowest BCUT2D eigenvalue weighted by Gasteiger charge is -2.40. The van der Waals surface area contributed by atoms with Gasteiger partial charge in [0.2, 0.25) is 5.28 Å². The third-order valence-corrected chi connectivity index (χ3v) is 4.02. The zero-order valence-corrected chi connectivity index (χ0v) is 12.0. The van der Waals surface area contributed by atoms with Crippen LogP contribution in [0, 0.1) is 11.2 Å². The van der Waals surface area contributed by atoms with E-state index in [0.717, 1.165) is 19.0 Å². The maximum Gasteiger partial charge on any atom is 0.224 e. The lowest BCUT2D eigenvalue weighted by molar-refractivity contribution is -0.0146. The van der Waals surface area contributed by atoms with E-state index in [1.165, 1.54) is 0 Å². The van der Waals surface area contributed by atoms with Gasteiger partial charge in [-0.1, -0.05) is 13.8 Å². The van der Waals surface area contributed by atoms with Crippen LogP contribution in [0.2, 0.25) is 5.28 Å². The molecule has 0 atom stereocenters. The Balaban J connectivity index is 1.97. The van der Waals surface area contributed by atoms with Gasteiger partial charge in [-0.25, -0.2) is 9.37 Å². The molecule has 1 aromatic rings. The molecule has 1 aliphatic rings. The first kappa shape index (κ1) is 14.5. The number of aliphatic hydroxyl groups is 1. The van der Waals surface area contributed by atoms with Crippen molar-refractivity contribution in [1.29, 1.82) is 0 Å². The Morgan fingerprint density at radius 2 is 2.00 bits per heavy atom. The quantitative estimate of drug-likeness (QED) is 0.839. The van der Waals surface area contributed by atoms with E-state index in [1.807, 2.05) is 0 Å². The Labute approximate surface area is 117 Å². The van der Waals surface area contributed by atoms with E-state index in [-0.39, 0.29) is 23.1 Å². The number of halogens is 2. The lowest BCUT2D eigenvalue weighted by atomic mass is 9.71. The highest BCUT2D eigenvalue weighted by molar-refractivity contribution is 6.28. The van der Waals surface area contributed by atoms with Crippen LogP contribution in [0.1, 0.15) is 39.5 Å². The zero-order valence-electron chi connectivity index (χ0n) is 11.2. The van der Waals surface area contributed by atoms with Gasteiger partial charge in [0, 0.05) is 6.54 Å². The van der Waals surface area contributed by atoms with E-state index in [2.05, 4.69) is 29.1 Å². The Kier molecular flexibility index (Phi) is 3.97. The number of nitrogens with zero attached hydrogens (tertiary/aromatic N) is 2. The van der Waals surface area contributed by atoms with Crippen LogP contribution in [0.15, 0.2) is 6.20 Å². The predicted octanol–water partition coefficient (Wildman–Crippen LogP) is 3.01. The third kappa shape index (κ3) is 3.76. The average Bonchev–Trinajstić information content (AvgIpc) is 2.35. The summed E-state index contributed by atoms with van der Waals surface area (Å²) in [6.07, 6.45) is 4.34. The fraction of sp³-hybridized carbons (Fsp3) is 0.692. The van der Waals surface area contributed by atoms with E-state index in [1.54, 1.807) is 0 Å². The molecule has 6 heteroatoms. The van der Waals surface area contributed by atoms with Gasteiger partial charge in [-0.05, 0) is 42.7 Å². The van der Waals surface area contributed by atoms with E-state index in [4.69, 9.17) is 11.6 Å². The lowest BCUT2D eigenvalue weighted by Crippen LogP contribution is -2.42. The fourth-order valence-electron chi connectivity index (χ4n) is 2.29. The van der Waals surface area contributed by atoms with Crippen molar-refractivity contribution in [2.24, 2.45) is 5.41 Å². The van der Waals surface area contributed by atoms with Gasteiger partial charge < -0.3 is 10.4 Å². The van der Waals surface area contributed by atoms with Crippen LogP contribution >= 0.6 is 11.6 Å². The number of rotatable bonds is 3. The summed E-state index contributed by atoms with van der Waals surface area (Å²) in [4.78, 5) is 7.32. The molecule has 0 aliphatic heterocycles. The molecule has 2 N–H and O–H groups in total. The second-order valence-electron chi connectivity index (χ2n) is 6.08. The normalized spacial score (nSPS) is 21.1. The zero-order chi connectivity index (χ0) is 14.1. The van der Waals surface area contributed by atoms with Crippen LogP contribution in [0.25, 0.3) is 0 Å². The van der Waals surface area contributed by atoms with Gasteiger partial charge in [0.05, 0.1) is 11.8 Å². The van der Waals surface area contributed by atoms with Crippen LogP contribution < -0.4 is 5.32 Å². The molecule has 0 spiro atoms. The molecule has 0 radical (unpaired) electrons. The maximum absolute atomic E-state index is 13.4. The summed E-state index contributed by atoms with van der Waals surface area (Å²) in [6.45, 7) is 4.67. The molecular weight excluding hydrogens is 269 g/mol. The van der Waals surface area contributed by atoms with Crippen molar-refractivity contribution in [2.75, 3.05) is 11.9 Å². The van der Waals surface area contributed by atoms with Crippen molar-refractivity contribution in [1.82, 2.24) is 9.97 Å². The van der Waals surface area contributed by atoms with Crippen LogP contribution in [0.4, 0.5) is 10.2 Å². The standard InChI is InChI=1S/C13H19ClFN3O/c1-12(2)3-5-13(19,6-4-12)8-17-10-9(15)7-16-11(14)18-10/h7,19H,3-6,8H2,1-2H3,(H,16,17,18). The smallest absolute Gasteiger partial charge is 0.224 e. The Hall–Kier alpha value is -0.940. The number of hydrogen-bond acceptors (Lipinski definition) is 4. The molecule has 0 saturated heterocycles. The first-order valence-electron chi connectivity index (χ1n) is 6.44. The first-order chi connectivity index (χ1) is 8.80. The summed E-state index contributed by atoms with van der Waals surface area (Å²) in [5, 5.41) is 13.3. The van der Waals surface area contributed by atoms with Crippen LogP contribution in [0.3, 0.4) is 0 Å². The Morgan fingerprint density at radius 1 is 1.37 bits per heavy atom. The Morgan fingerprint density at radius 3 is 2.63 bits per heavy atom. The summed E-state index contributed by atoms with van der Waals surface area (Å²) in [7, 11) is 0. The maximum atomic E-state index is 13.4. The molecular formula is C13H19ClFN3O. The summed E-state index contributed by atoms with van der Waals surface area (Å²) >= 11 is 5.62. The molecule has 4 nitrogen and oxygen atoms in total. The Bertz CT molecular complexity index is 457. The SMILES string of the molecule is CC1(C)CCC(O)(CNc2nc(Cl)ncc2F)CC1. The van der Waals surface area contributed by atoms with E-state index >= 15 is 0 Å². The van der Waals surface area contributed by atoms with Gasteiger partial charge in [0.15, 0.2) is 11.6 Å². The van der Waals surface area contributed by atoms with Gasteiger partial charge >= 0.3 is 0 Å². The van der Waals surface area contributed by atoms with Crippen molar-refractivity contribution >= 4 is 17.4 Å². The highest BCUT2D eigenvalue weighted by Gasteiger charge is 2.36. The highest BCUT2D eigenvalue weighted by atomic mass is 35.5. The molecule has 0 amide bonds. The number of nitrogens with one attached hydrogen (secondary N) is 1. The molecule has 2 rings (SSSR count). The monoisotopic (exact) mass is 287 g/mol. The number of aromatic nitrogens is 2. The summed E-state index contributed by atoms with van der Waals surface area (Å²) < 4.78 is 13.4. The van der Waals surface area contributed by atoms with Gasteiger partial charge in [0.25, 0.3) is 0 Å². The third-order valence-electron chi connectivity index (χ3n) is 3.83. The molecule has 0 aromatic carbocycles. The van der Waals surface area contributed by atoms with Gasteiger partial charge in [0.1, 0.15) is 0 Å².